The summed E-state index contributed by atoms with van der Waals surface area (Å²) >= 11 is 5.83. The molecule has 1 saturated heterocycles. The SMILES string of the molecule is COc1ccc(N2C[C@@H](C(=O)NCCNc3ncc(C(F)(F)F)cc3Cl)CC2=O)cc1. The molecule has 1 aromatic carbocycles. The van der Waals surface area contributed by atoms with Crippen LogP contribution in [0.25, 0.3) is 0 Å². The van der Waals surface area contributed by atoms with Crippen LogP contribution >= 0.6 is 11.6 Å². The first-order valence-electron chi connectivity index (χ1n) is 9.38. The van der Waals surface area contributed by atoms with Gasteiger partial charge in [0, 0.05) is 37.9 Å². The Hall–Kier alpha value is -3.01. The molecule has 0 radical (unpaired) electrons. The van der Waals surface area contributed by atoms with E-state index in [1.54, 1.807) is 36.3 Å². The fraction of sp³-hybridized carbons (Fsp3) is 0.350. The van der Waals surface area contributed by atoms with Gasteiger partial charge in [0.25, 0.3) is 0 Å². The zero-order valence-electron chi connectivity index (χ0n) is 16.5. The molecule has 0 aliphatic carbocycles. The Balaban J connectivity index is 1.47. The summed E-state index contributed by atoms with van der Waals surface area (Å²) in [5.41, 5.74) is -0.255. The number of anilines is 2. The van der Waals surface area contributed by atoms with Crippen molar-refractivity contribution in [1.29, 1.82) is 0 Å². The molecule has 3 rings (SSSR count). The number of amides is 2. The third-order valence-electron chi connectivity index (χ3n) is 4.77. The Kier molecular flexibility index (Phi) is 6.89. The van der Waals surface area contributed by atoms with Crippen LogP contribution < -0.4 is 20.3 Å². The molecule has 2 aromatic rings. The van der Waals surface area contributed by atoms with Crippen LogP contribution in [0.5, 0.6) is 5.75 Å². The molecule has 0 bridgehead atoms. The summed E-state index contributed by atoms with van der Waals surface area (Å²) in [5, 5.41) is 5.32. The number of ether oxygens (including phenoxy) is 1. The number of benzene rings is 1. The molecule has 1 aromatic heterocycles. The van der Waals surface area contributed by atoms with Gasteiger partial charge in [0.15, 0.2) is 0 Å². The standard InChI is InChI=1S/C20H20ClF3N4O3/c1-31-15-4-2-14(3-5-15)28-11-12(8-17(28)29)19(30)26-7-6-25-18-16(21)9-13(10-27-18)20(22,23)24/h2-5,9-10,12H,6-8,11H2,1H3,(H,25,27)(H,26,30)/t12-/m0/s1. The molecule has 7 nitrogen and oxygen atoms in total. The smallest absolute Gasteiger partial charge is 0.417 e. The summed E-state index contributed by atoms with van der Waals surface area (Å²) in [6.07, 6.45) is -3.75. The molecule has 2 amide bonds. The van der Waals surface area contributed by atoms with Gasteiger partial charge in [-0.25, -0.2) is 4.98 Å². The Labute approximate surface area is 181 Å². The molecule has 2 heterocycles. The van der Waals surface area contributed by atoms with Crippen LogP contribution in [0.4, 0.5) is 24.7 Å². The summed E-state index contributed by atoms with van der Waals surface area (Å²) in [5.74, 6) is -0.172. The molecule has 1 atom stereocenters. The third kappa shape index (κ3) is 5.57. The monoisotopic (exact) mass is 456 g/mol. The lowest BCUT2D eigenvalue weighted by Gasteiger charge is -2.17. The number of carbonyl (C=O) groups is 2. The molecule has 1 fully saturated rings. The van der Waals surface area contributed by atoms with E-state index in [0.29, 0.717) is 17.6 Å². The Morgan fingerprint density at radius 2 is 2.00 bits per heavy atom. The highest BCUT2D eigenvalue weighted by Crippen LogP contribution is 2.32. The molecule has 11 heteroatoms. The number of methoxy groups -OCH3 is 1. The number of hydrogen-bond donors (Lipinski definition) is 2. The van der Waals surface area contributed by atoms with Crippen molar-refractivity contribution in [3.63, 3.8) is 0 Å². The molecule has 0 unspecified atom stereocenters. The van der Waals surface area contributed by atoms with Gasteiger partial charge in [-0.3, -0.25) is 9.59 Å². The molecular formula is C20H20ClF3N4O3. The minimum atomic E-state index is -4.53. The molecule has 1 aliphatic heterocycles. The summed E-state index contributed by atoms with van der Waals surface area (Å²) in [6, 6.07) is 7.76. The van der Waals surface area contributed by atoms with Gasteiger partial charge in [-0.15, -0.1) is 0 Å². The number of alkyl halides is 3. The number of hydrogen-bond acceptors (Lipinski definition) is 5. The summed E-state index contributed by atoms with van der Waals surface area (Å²) in [4.78, 5) is 29.9. The second kappa shape index (κ2) is 9.42. The third-order valence-corrected chi connectivity index (χ3v) is 5.05. The van der Waals surface area contributed by atoms with Crippen molar-refractivity contribution >= 4 is 34.9 Å². The van der Waals surface area contributed by atoms with Crippen molar-refractivity contribution in [3.05, 3.63) is 47.1 Å². The first kappa shape index (κ1) is 22.7. The topological polar surface area (TPSA) is 83.6 Å². The molecular weight excluding hydrogens is 437 g/mol. The van der Waals surface area contributed by atoms with Gasteiger partial charge in [0.2, 0.25) is 11.8 Å². The van der Waals surface area contributed by atoms with Gasteiger partial charge in [-0.1, -0.05) is 11.6 Å². The lowest BCUT2D eigenvalue weighted by atomic mass is 10.1. The van der Waals surface area contributed by atoms with E-state index in [4.69, 9.17) is 16.3 Å². The lowest BCUT2D eigenvalue weighted by molar-refractivity contribution is -0.137. The van der Waals surface area contributed by atoms with Gasteiger partial charge < -0.3 is 20.3 Å². The second-order valence-corrected chi connectivity index (χ2v) is 7.28. The second-order valence-electron chi connectivity index (χ2n) is 6.87. The number of pyridine rings is 1. The number of nitrogens with one attached hydrogen (secondary N) is 2. The van der Waals surface area contributed by atoms with Crippen LogP contribution in [0, 0.1) is 5.92 Å². The van der Waals surface area contributed by atoms with Gasteiger partial charge in [-0.05, 0) is 30.3 Å². The number of carbonyl (C=O) groups excluding carboxylic acids is 2. The van der Waals surface area contributed by atoms with E-state index in [0.717, 1.165) is 6.07 Å². The van der Waals surface area contributed by atoms with Crippen LogP contribution in [0.15, 0.2) is 36.5 Å². The van der Waals surface area contributed by atoms with Gasteiger partial charge in [0.05, 0.1) is 23.6 Å². The molecule has 1 aliphatic rings. The zero-order valence-corrected chi connectivity index (χ0v) is 17.3. The number of rotatable bonds is 7. The minimum absolute atomic E-state index is 0.0886. The highest BCUT2D eigenvalue weighted by atomic mass is 35.5. The largest absolute Gasteiger partial charge is 0.497 e. The maximum Gasteiger partial charge on any atom is 0.417 e. The van der Waals surface area contributed by atoms with E-state index in [9.17, 15) is 22.8 Å². The van der Waals surface area contributed by atoms with Crippen LogP contribution in [0.3, 0.4) is 0 Å². The van der Waals surface area contributed by atoms with Crippen molar-refractivity contribution < 1.29 is 27.5 Å². The van der Waals surface area contributed by atoms with E-state index < -0.39 is 17.7 Å². The molecule has 166 valence electrons. The Bertz CT molecular complexity index is 954. The van der Waals surface area contributed by atoms with Crippen LogP contribution in [0.2, 0.25) is 5.02 Å². The average molecular weight is 457 g/mol. The van der Waals surface area contributed by atoms with Gasteiger partial charge >= 0.3 is 6.18 Å². The summed E-state index contributed by atoms with van der Waals surface area (Å²) < 4.78 is 43.0. The first-order valence-corrected chi connectivity index (χ1v) is 9.75. The lowest BCUT2D eigenvalue weighted by Crippen LogP contribution is -2.35. The van der Waals surface area contributed by atoms with E-state index in [1.165, 1.54) is 0 Å². The highest BCUT2D eigenvalue weighted by molar-refractivity contribution is 6.32. The van der Waals surface area contributed by atoms with Gasteiger partial charge in [-0.2, -0.15) is 13.2 Å². The molecule has 0 spiro atoms. The van der Waals surface area contributed by atoms with Crippen molar-refractivity contribution in [1.82, 2.24) is 10.3 Å². The highest BCUT2D eigenvalue weighted by Gasteiger charge is 2.35. The van der Waals surface area contributed by atoms with Crippen molar-refractivity contribution in [2.45, 2.75) is 12.6 Å². The summed E-state index contributed by atoms with van der Waals surface area (Å²) in [7, 11) is 1.55. The van der Waals surface area contributed by atoms with Crippen LogP contribution in [0.1, 0.15) is 12.0 Å². The number of halogens is 4. The number of nitrogens with zero attached hydrogens (tertiary/aromatic N) is 2. The fourth-order valence-corrected chi connectivity index (χ4v) is 3.36. The van der Waals surface area contributed by atoms with Crippen molar-refractivity contribution in [2.75, 3.05) is 37.0 Å². The molecule has 0 saturated carbocycles. The quantitative estimate of drug-likeness (QED) is 0.624. The van der Waals surface area contributed by atoms with Crippen LogP contribution in [-0.2, 0) is 15.8 Å². The normalized spacial score (nSPS) is 16.4. The molecule has 2 N–H and O–H groups in total. The predicted octanol–water partition coefficient (Wildman–Crippen LogP) is 3.34. The Morgan fingerprint density at radius 1 is 1.29 bits per heavy atom. The maximum absolute atomic E-state index is 12.6. The number of aromatic nitrogens is 1. The van der Waals surface area contributed by atoms with Crippen molar-refractivity contribution in [3.8, 4) is 5.75 Å². The van der Waals surface area contributed by atoms with Crippen LogP contribution in [-0.4, -0.2) is 43.5 Å². The van der Waals surface area contributed by atoms with E-state index in [2.05, 4.69) is 15.6 Å². The van der Waals surface area contributed by atoms with E-state index >= 15 is 0 Å². The Morgan fingerprint density at radius 3 is 2.61 bits per heavy atom. The first-order chi connectivity index (χ1) is 14.7. The van der Waals surface area contributed by atoms with Gasteiger partial charge in [0.1, 0.15) is 11.6 Å². The van der Waals surface area contributed by atoms with E-state index in [1.807, 2.05) is 0 Å². The fourth-order valence-electron chi connectivity index (χ4n) is 3.13. The molecule has 31 heavy (non-hydrogen) atoms. The zero-order chi connectivity index (χ0) is 22.6. The van der Waals surface area contributed by atoms with E-state index in [-0.39, 0.29) is 48.7 Å². The average Bonchev–Trinajstić information content (AvgIpc) is 3.13. The summed E-state index contributed by atoms with van der Waals surface area (Å²) in [6.45, 7) is 0.647. The predicted molar refractivity (Wildman–Crippen MR) is 109 cm³/mol. The minimum Gasteiger partial charge on any atom is -0.497 e. The maximum atomic E-state index is 12.6. The van der Waals surface area contributed by atoms with Crippen molar-refractivity contribution in [2.24, 2.45) is 5.92 Å².